The number of fused-ring (bicyclic) bond motifs is 1. The van der Waals surface area contributed by atoms with Crippen LogP contribution in [-0.2, 0) is 12.8 Å². The molecule has 0 atom stereocenters. The third-order valence-electron chi connectivity index (χ3n) is 5.42. The fraction of sp³-hybridized carbons (Fsp3) is 0.842. The van der Waals surface area contributed by atoms with E-state index in [0.29, 0.717) is 5.19 Å². The van der Waals surface area contributed by atoms with Crippen LogP contribution in [0.1, 0.15) is 62.4 Å². The smallest absolute Gasteiger partial charge is 0.273 e. The first-order chi connectivity index (χ1) is 12.0. The Morgan fingerprint density at radius 1 is 1.20 bits per heavy atom. The molecule has 3 rings (SSSR count). The van der Waals surface area contributed by atoms with Crippen molar-refractivity contribution in [1.29, 1.82) is 0 Å². The van der Waals surface area contributed by atoms with E-state index in [4.69, 9.17) is 4.74 Å². The van der Waals surface area contributed by atoms with Gasteiger partial charge in [0.15, 0.2) is 0 Å². The van der Waals surface area contributed by atoms with E-state index in [-0.39, 0.29) is 13.0 Å². The zero-order chi connectivity index (χ0) is 17.7. The van der Waals surface area contributed by atoms with E-state index in [1.807, 2.05) is 0 Å². The number of nitrogens with zero attached hydrogens (tertiary/aromatic N) is 2. The van der Waals surface area contributed by atoms with E-state index in [1.54, 1.807) is 11.3 Å². The van der Waals surface area contributed by atoms with E-state index in [1.165, 1.54) is 49.9 Å². The Morgan fingerprint density at radius 3 is 2.72 bits per heavy atom. The molecule has 1 fully saturated rings. The molecule has 0 aromatic carbocycles. The maximum absolute atomic E-state index is 12.9. The molecule has 0 amide bonds. The summed E-state index contributed by atoms with van der Waals surface area (Å²) >= 11 is 1.54. The third kappa shape index (κ3) is 6.17. The number of halogens is 2. The lowest BCUT2D eigenvalue weighted by molar-refractivity contribution is 0.000836. The topological polar surface area (TPSA) is 25.4 Å². The van der Waals surface area contributed by atoms with Crippen LogP contribution in [0.5, 0.6) is 5.19 Å². The van der Waals surface area contributed by atoms with Crippen LogP contribution in [0.2, 0.25) is 0 Å². The van der Waals surface area contributed by atoms with Gasteiger partial charge < -0.3 is 9.64 Å². The van der Waals surface area contributed by atoms with Crippen molar-refractivity contribution in [1.82, 2.24) is 9.88 Å². The van der Waals surface area contributed by atoms with E-state index in [0.717, 1.165) is 44.5 Å². The highest BCUT2D eigenvalue weighted by molar-refractivity contribution is 7.13. The average molecular weight is 373 g/mol. The lowest BCUT2D eigenvalue weighted by Gasteiger charge is -2.26. The predicted octanol–water partition coefficient (Wildman–Crippen LogP) is 4.94. The summed E-state index contributed by atoms with van der Waals surface area (Å²) in [5.41, 5.74) is 1.11. The fourth-order valence-corrected chi connectivity index (χ4v) is 4.80. The molecule has 0 bridgehead atoms. The molecule has 2 heterocycles. The first-order valence-corrected chi connectivity index (χ1v) is 10.5. The maximum atomic E-state index is 12.9. The van der Waals surface area contributed by atoms with Crippen LogP contribution in [0.4, 0.5) is 8.78 Å². The molecule has 142 valence electrons. The van der Waals surface area contributed by atoms with E-state index in [9.17, 15) is 8.78 Å². The molecule has 1 saturated carbocycles. The second-order valence-corrected chi connectivity index (χ2v) is 8.70. The summed E-state index contributed by atoms with van der Waals surface area (Å²) in [4.78, 5) is 8.39. The van der Waals surface area contributed by atoms with Gasteiger partial charge in [0.25, 0.3) is 5.19 Å². The van der Waals surface area contributed by atoms with Crippen molar-refractivity contribution in [3.05, 3.63) is 10.6 Å². The highest BCUT2D eigenvalue weighted by atomic mass is 32.1. The van der Waals surface area contributed by atoms with E-state index < -0.39 is 5.92 Å². The number of alkyl halides is 2. The van der Waals surface area contributed by atoms with E-state index >= 15 is 0 Å². The number of hydrogen-bond acceptors (Lipinski definition) is 4. The summed E-state index contributed by atoms with van der Waals surface area (Å²) in [5.74, 6) is -1.74. The van der Waals surface area contributed by atoms with Crippen LogP contribution >= 0.6 is 11.3 Å². The molecule has 0 spiro atoms. The van der Waals surface area contributed by atoms with Crippen molar-refractivity contribution in [2.45, 2.75) is 70.6 Å². The average Bonchev–Trinajstić information content (AvgIpc) is 2.86. The maximum Gasteiger partial charge on any atom is 0.273 e. The van der Waals surface area contributed by atoms with Gasteiger partial charge in [-0.3, -0.25) is 0 Å². The van der Waals surface area contributed by atoms with Gasteiger partial charge in [-0.15, -0.1) is 0 Å². The summed E-state index contributed by atoms with van der Waals surface area (Å²) in [5, 5.41) is 0.560. The van der Waals surface area contributed by atoms with E-state index in [2.05, 4.69) is 9.88 Å². The molecular formula is C19H30F2N2OS. The van der Waals surface area contributed by atoms with Gasteiger partial charge in [-0.2, -0.15) is 0 Å². The Hall–Kier alpha value is -0.750. The van der Waals surface area contributed by atoms with Crippen molar-refractivity contribution in [2.24, 2.45) is 5.92 Å². The predicted molar refractivity (Wildman–Crippen MR) is 97.9 cm³/mol. The quantitative estimate of drug-likeness (QED) is 0.678. The molecule has 25 heavy (non-hydrogen) atoms. The molecule has 1 aliphatic heterocycles. The Labute approximate surface area is 153 Å². The molecular weight excluding hydrogens is 342 g/mol. The summed E-state index contributed by atoms with van der Waals surface area (Å²) in [6, 6.07) is 0. The molecule has 1 aromatic rings. The number of rotatable bonds is 7. The van der Waals surface area contributed by atoms with Gasteiger partial charge in [0.05, 0.1) is 12.3 Å². The van der Waals surface area contributed by atoms with Crippen LogP contribution in [-0.4, -0.2) is 42.0 Å². The Kier molecular flexibility index (Phi) is 6.67. The second-order valence-electron chi connectivity index (χ2n) is 7.65. The second kappa shape index (κ2) is 8.76. The van der Waals surface area contributed by atoms with Gasteiger partial charge in [-0.1, -0.05) is 43.4 Å². The zero-order valence-electron chi connectivity index (χ0n) is 15.2. The minimum absolute atomic E-state index is 0.0312. The standard InChI is InChI=1S/C19H30F2N2OS/c1-19(20,21)10-14-24-18-22-16-8-12-23(13-9-17(16)25-18)11-7-15-5-3-2-4-6-15/h15H,2-14H2,1H3. The van der Waals surface area contributed by atoms with Crippen LogP contribution in [0, 0.1) is 5.92 Å². The minimum atomic E-state index is -2.67. The monoisotopic (exact) mass is 372 g/mol. The van der Waals surface area contributed by atoms with Gasteiger partial charge in [0.1, 0.15) is 0 Å². The van der Waals surface area contributed by atoms with Crippen LogP contribution < -0.4 is 4.74 Å². The molecule has 6 heteroatoms. The molecule has 3 nitrogen and oxygen atoms in total. The van der Waals surface area contributed by atoms with Crippen LogP contribution in [0.15, 0.2) is 0 Å². The highest BCUT2D eigenvalue weighted by Gasteiger charge is 2.23. The lowest BCUT2D eigenvalue weighted by atomic mass is 9.87. The van der Waals surface area contributed by atoms with Crippen molar-refractivity contribution in [2.75, 3.05) is 26.2 Å². The molecule has 1 aliphatic carbocycles. The Balaban J connectivity index is 1.42. The zero-order valence-corrected chi connectivity index (χ0v) is 16.1. The summed E-state index contributed by atoms with van der Waals surface area (Å²) in [6.07, 6.45) is 10.1. The molecule has 0 saturated heterocycles. The number of thiazole rings is 1. The normalized spacial score (nSPS) is 20.3. The first kappa shape index (κ1) is 19.0. The molecule has 2 aliphatic rings. The van der Waals surface area contributed by atoms with Crippen molar-refractivity contribution in [3.8, 4) is 5.19 Å². The van der Waals surface area contributed by atoms with Gasteiger partial charge in [-0.25, -0.2) is 13.8 Å². The van der Waals surface area contributed by atoms with Crippen LogP contribution in [0.25, 0.3) is 0 Å². The first-order valence-electron chi connectivity index (χ1n) is 9.71. The van der Waals surface area contributed by atoms with Crippen LogP contribution in [0.3, 0.4) is 0 Å². The number of hydrogen-bond donors (Lipinski definition) is 0. The largest absolute Gasteiger partial charge is 0.470 e. The molecule has 0 N–H and O–H groups in total. The SMILES string of the molecule is CC(F)(F)CCOc1nc2c(s1)CCN(CCC1CCCCC1)CC2. The van der Waals surface area contributed by atoms with Gasteiger partial charge in [0, 0.05) is 30.8 Å². The van der Waals surface area contributed by atoms with Gasteiger partial charge in [0.2, 0.25) is 5.92 Å². The highest BCUT2D eigenvalue weighted by Crippen LogP contribution is 2.30. The van der Waals surface area contributed by atoms with Gasteiger partial charge in [-0.05, 0) is 32.2 Å². The fourth-order valence-electron chi connectivity index (χ4n) is 3.83. The molecule has 1 aromatic heterocycles. The molecule has 0 unspecified atom stereocenters. The van der Waals surface area contributed by atoms with Crippen molar-refractivity contribution < 1.29 is 13.5 Å². The summed E-state index contributed by atoms with van der Waals surface area (Å²) < 4.78 is 31.1. The van der Waals surface area contributed by atoms with Crippen molar-refractivity contribution >= 4 is 11.3 Å². The van der Waals surface area contributed by atoms with Crippen molar-refractivity contribution in [3.63, 3.8) is 0 Å². The van der Waals surface area contributed by atoms with Gasteiger partial charge >= 0.3 is 0 Å². The summed E-state index contributed by atoms with van der Waals surface area (Å²) in [6.45, 7) is 4.29. The molecule has 0 radical (unpaired) electrons. The minimum Gasteiger partial charge on any atom is -0.470 e. The lowest BCUT2D eigenvalue weighted by Crippen LogP contribution is -2.29. The number of aromatic nitrogens is 1. The Bertz CT molecular complexity index is 513. The number of ether oxygens (including phenoxy) is 1. The summed E-state index contributed by atoms with van der Waals surface area (Å²) in [7, 11) is 0. The third-order valence-corrected chi connectivity index (χ3v) is 6.49. The Morgan fingerprint density at radius 2 is 1.96 bits per heavy atom.